The van der Waals surface area contributed by atoms with Gasteiger partial charge in [0, 0.05) is 43.2 Å². The van der Waals surface area contributed by atoms with E-state index < -0.39 is 0 Å². The number of hydrogen-bond donors (Lipinski definition) is 2. The average molecular weight is 311 g/mol. The van der Waals surface area contributed by atoms with Crippen LogP contribution in [0.25, 0.3) is 5.65 Å². The molecule has 8 nitrogen and oxygen atoms in total. The molecule has 3 rings (SSSR count). The van der Waals surface area contributed by atoms with Crippen molar-refractivity contribution in [3.63, 3.8) is 0 Å². The topological polar surface area (TPSA) is 104 Å². The fraction of sp³-hybridized carbons (Fsp3) is 0.333. The fourth-order valence-corrected chi connectivity index (χ4v) is 2.35. The predicted octanol–water partition coefficient (Wildman–Crippen LogP) is 0.961. The van der Waals surface area contributed by atoms with Crippen LogP contribution < -0.4 is 10.9 Å². The van der Waals surface area contributed by atoms with Crippen LogP contribution in [0.5, 0.6) is 0 Å². The number of nitriles is 1. The first-order chi connectivity index (χ1) is 11.1. The standard InChI is InChI=1S/C15H17N7O/c1-3-21-9-12(7-18-21)10(2)17-8-13-4-14(23)22-15(20-13)11(5-16)6-19-22/h4,6-7,9-10,17,19H,3,8H2,1-2H3. The lowest BCUT2D eigenvalue weighted by atomic mass is 10.2. The number of H-pyrrole nitrogens is 1. The second-order valence-corrected chi connectivity index (χ2v) is 5.28. The van der Waals surface area contributed by atoms with Crippen molar-refractivity contribution in [1.29, 1.82) is 5.26 Å². The van der Waals surface area contributed by atoms with Crippen LogP contribution in [0.1, 0.15) is 36.7 Å². The Bertz CT molecular complexity index is 927. The first-order valence-corrected chi connectivity index (χ1v) is 7.38. The molecule has 0 aliphatic carbocycles. The van der Waals surface area contributed by atoms with Crippen molar-refractivity contribution >= 4 is 5.65 Å². The number of nitrogens with zero attached hydrogens (tertiary/aromatic N) is 5. The van der Waals surface area contributed by atoms with Crippen molar-refractivity contribution in [3.05, 3.63) is 51.8 Å². The SMILES string of the molecule is CCn1cc(C(C)NCc2cc(=O)n3[nH]cc(C#N)c3n2)cn1. The minimum atomic E-state index is -0.236. The molecule has 1 atom stereocenters. The molecule has 118 valence electrons. The summed E-state index contributed by atoms with van der Waals surface area (Å²) in [5.74, 6) is 0. The molecule has 0 fully saturated rings. The molecule has 3 heterocycles. The molecule has 0 aromatic carbocycles. The summed E-state index contributed by atoms with van der Waals surface area (Å²) in [7, 11) is 0. The lowest BCUT2D eigenvalue weighted by molar-refractivity contribution is 0.565. The Balaban J connectivity index is 1.79. The highest BCUT2D eigenvalue weighted by atomic mass is 16.1. The van der Waals surface area contributed by atoms with Gasteiger partial charge in [0.25, 0.3) is 5.56 Å². The number of rotatable bonds is 5. The van der Waals surface area contributed by atoms with Gasteiger partial charge in [-0.1, -0.05) is 0 Å². The quantitative estimate of drug-likeness (QED) is 0.730. The van der Waals surface area contributed by atoms with Crippen molar-refractivity contribution in [3.8, 4) is 6.07 Å². The second-order valence-electron chi connectivity index (χ2n) is 5.28. The number of fused-ring (bicyclic) bond motifs is 1. The van der Waals surface area contributed by atoms with Crippen molar-refractivity contribution in [2.24, 2.45) is 0 Å². The van der Waals surface area contributed by atoms with E-state index in [9.17, 15) is 4.79 Å². The molecule has 0 saturated carbocycles. The zero-order valence-corrected chi connectivity index (χ0v) is 12.9. The second kappa shape index (κ2) is 6.06. The molecule has 23 heavy (non-hydrogen) atoms. The van der Waals surface area contributed by atoms with Crippen LogP contribution in [0.15, 0.2) is 29.5 Å². The van der Waals surface area contributed by atoms with E-state index in [1.807, 2.05) is 37.0 Å². The van der Waals surface area contributed by atoms with Crippen LogP contribution in [0.3, 0.4) is 0 Å². The van der Waals surface area contributed by atoms with Crippen LogP contribution >= 0.6 is 0 Å². The third kappa shape index (κ3) is 2.86. The first-order valence-electron chi connectivity index (χ1n) is 7.38. The van der Waals surface area contributed by atoms with Gasteiger partial charge in [-0.05, 0) is 13.8 Å². The fourth-order valence-electron chi connectivity index (χ4n) is 2.35. The van der Waals surface area contributed by atoms with Gasteiger partial charge in [0.05, 0.1) is 11.9 Å². The van der Waals surface area contributed by atoms with E-state index in [0.29, 0.717) is 23.4 Å². The summed E-state index contributed by atoms with van der Waals surface area (Å²) in [6, 6.07) is 3.56. The van der Waals surface area contributed by atoms with Gasteiger partial charge < -0.3 is 5.32 Å². The third-order valence-electron chi connectivity index (χ3n) is 3.74. The van der Waals surface area contributed by atoms with E-state index in [1.54, 1.807) is 0 Å². The number of nitrogens with one attached hydrogen (secondary N) is 2. The van der Waals surface area contributed by atoms with Crippen molar-refractivity contribution in [1.82, 2.24) is 29.7 Å². The maximum absolute atomic E-state index is 12.0. The van der Waals surface area contributed by atoms with E-state index >= 15 is 0 Å². The first kappa shape index (κ1) is 15.0. The molecule has 0 saturated heterocycles. The summed E-state index contributed by atoms with van der Waals surface area (Å²) in [6.45, 7) is 5.32. The highest BCUT2D eigenvalue weighted by Gasteiger charge is 2.11. The molecule has 0 bridgehead atoms. The van der Waals surface area contributed by atoms with Crippen molar-refractivity contribution in [2.45, 2.75) is 33.0 Å². The number of hydrogen-bond acceptors (Lipinski definition) is 5. The van der Waals surface area contributed by atoms with Gasteiger partial charge in [-0.25, -0.2) is 9.50 Å². The van der Waals surface area contributed by atoms with Gasteiger partial charge in [-0.2, -0.15) is 10.4 Å². The summed E-state index contributed by atoms with van der Waals surface area (Å²) in [6.07, 6.45) is 5.29. The van der Waals surface area contributed by atoms with E-state index in [-0.39, 0.29) is 11.6 Å². The summed E-state index contributed by atoms with van der Waals surface area (Å²) in [5.41, 5.74) is 2.13. The van der Waals surface area contributed by atoms with E-state index in [0.717, 1.165) is 12.1 Å². The van der Waals surface area contributed by atoms with Crippen LogP contribution in [-0.4, -0.2) is 24.4 Å². The monoisotopic (exact) mass is 311 g/mol. The minimum Gasteiger partial charge on any atom is -0.304 e. The summed E-state index contributed by atoms with van der Waals surface area (Å²) in [4.78, 5) is 16.4. The van der Waals surface area contributed by atoms with Gasteiger partial charge in [0.1, 0.15) is 11.6 Å². The molecule has 0 radical (unpaired) electrons. The van der Waals surface area contributed by atoms with Crippen LogP contribution in [-0.2, 0) is 13.1 Å². The highest BCUT2D eigenvalue weighted by Crippen LogP contribution is 2.12. The zero-order chi connectivity index (χ0) is 16.4. The van der Waals surface area contributed by atoms with Gasteiger partial charge in [0.2, 0.25) is 0 Å². The summed E-state index contributed by atoms with van der Waals surface area (Å²) < 4.78 is 3.12. The normalized spacial score (nSPS) is 12.4. The Hall–Kier alpha value is -2.92. The molecule has 1 unspecified atom stereocenters. The highest BCUT2D eigenvalue weighted by molar-refractivity contribution is 5.53. The van der Waals surface area contributed by atoms with Gasteiger partial charge in [-0.15, -0.1) is 0 Å². The molecule has 8 heteroatoms. The Morgan fingerprint density at radius 2 is 2.35 bits per heavy atom. The smallest absolute Gasteiger partial charge is 0.272 e. The average Bonchev–Trinajstić information content (AvgIpc) is 3.19. The Kier molecular flexibility index (Phi) is 3.95. The minimum absolute atomic E-state index is 0.0808. The molecule has 0 aliphatic heterocycles. The Morgan fingerprint density at radius 1 is 1.52 bits per heavy atom. The predicted molar refractivity (Wildman–Crippen MR) is 83.7 cm³/mol. The van der Waals surface area contributed by atoms with Gasteiger partial charge in [0.15, 0.2) is 5.65 Å². The van der Waals surface area contributed by atoms with Crippen LogP contribution in [0.2, 0.25) is 0 Å². The number of aryl methyl sites for hydroxylation is 1. The van der Waals surface area contributed by atoms with Crippen LogP contribution in [0.4, 0.5) is 0 Å². The van der Waals surface area contributed by atoms with Crippen molar-refractivity contribution < 1.29 is 0 Å². The third-order valence-corrected chi connectivity index (χ3v) is 3.74. The number of aromatic nitrogens is 5. The molecular weight excluding hydrogens is 294 g/mol. The number of aromatic amines is 1. The largest absolute Gasteiger partial charge is 0.304 e. The lowest BCUT2D eigenvalue weighted by Gasteiger charge is -2.11. The Labute approximate surface area is 132 Å². The molecule has 0 spiro atoms. The van der Waals surface area contributed by atoms with Crippen molar-refractivity contribution in [2.75, 3.05) is 0 Å². The summed E-state index contributed by atoms with van der Waals surface area (Å²) in [5, 5.41) is 19.3. The molecule has 3 aromatic heterocycles. The molecule has 0 aliphatic rings. The zero-order valence-electron chi connectivity index (χ0n) is 12.9. The van der Waals surface area contributed by atoms with E-state index in [4.69, 9.17) is 5.26 Å². The lowest BCUT2D eigenvalue weighted by Crippen LogP contribution is -2.22. The molecule has 0 amide bonds. The van der Waals surface area contributed by atoms with Gasteiger partial charge in [-0.3, -0.25) is 14.6 Å². The maximum atomic E-state index is 12.0. The summed E-state index contributed by atoms with van der Waals surface area (Å²) >= 11 is 0. The molecular formula is C15H17N7O. The van der Waals surface area contributed by atoms with Crippen LogP contribution in [0, 0.1) is 11.3 Å². The maximum Gasteiger partial charge on any atom is 0.272 e. The van der Waals surface area contributed by atoms with Gasteiger partial charge >= 0.3 is 0 Å². The molecule has 2 N–H and O–H groups in total. The van der Waals surface area contributed by atoms with E-state index in [2.05, 4.69) is 20.5 Å². The van der Waals surface area contributed by atoms with E-state index in [1.165, 1.54) is 16.8 Å². The molecule has 3 aromatic rings. The Morgan fingerprint density at radius 3 is 3.04 bits per heavy atom.